The molecule has 0 bridgehead atoms. The van der Waals surface area contributed by atoms with E-state index in [9.17, 15) is 0 Å². The first-order valence-electron chi connectivity index (χ1n) is 7.38. The third-order valence-electron chi connectivity index (χ3n) is 3.36. The standard InChI is InChI=1S/C17H23BrN2S/c1-10(2)16-15(9-19-11(3)4)21-17(20-16)13-7-6-12(5)14(18)8-13/h6-8,10-11,19H,9H2,1-5H3. The Balaban J connectivity index is 2.36. The molecule has 4 heteroatoms. The van der Waals surface area contributed by atoms with Crippen LogP contribution in [-0.4, -0.2) is 11.0 Å². The molecule has 2 aromatic rings. The number of halogens is 1. The van der Waals surface area contributed by atoms with Crippen molar-refractivity contribution in [2.24, 2.45) is 0 Å². The molecule has 0 aliphatic rings. The topological polar surface area (TPSA) is 24.9 Å². The normalized spacial score (nSPS) is 11.6. The van der Waals surface area contributed by atoms with Crippen LogP contribution >= 0.6 is 27.3 Å². The highest BCUT2D eigenvalue weighted by molar-refractivity contribution is 9.10. The summed E-state index contributed by atoms with van der Waals surface area (Å²) in [5, 5.41) is 4.61. The fraction of sp³-hybridized carbons (Fsp3) is 0.471. The molecule has 114 valence electrons. The summed E-state index contributed by atoms with van der Waals surface area (Å²) in [4.78, 5) is 6.24. The molecule has 1 aromatic carbocycles. The third-order valence-corrected chi connectivity index (χ3v) is 5.34. The molecule has 2 nitrogen and oxygen atoms in total. The number of hydrogen-bond donors (Lipinski definition) is 1. The van der Waals surface area contributed by atoms with Crippen LogP contribution in [0, 0.1) is 6.92 Å². The SMILES string of the molecule is Cc1ccc(-c2nc(C(C)C)c(CNC(C)C)s2)cc1Br. The molecule has 0 atom stereocenters. The van der Waals surface area contributed by atoms with E-state index in [2.05, 4.69) is 74.1 Å². The van der Waals surface area contributed by atoms with Crippen molar-refractivity contribution in [3.8, 4) is 10.6 Å². The van der Waals surface area contributed by atoms with Crippen LogP contribution in [0.2, 0.25) is 0 Å². The Morgan fingerprint density at radius 2 is 1.95 bits per heavy atom. The summed E-state index contributed by atoms with van der Waals surface area (Å²) >= 11 is 5.41. The molecule has 21 heavy (non-hydrogen) atoms. The van der Waals surface area contributed by atoms with Gasteiger partial charge in [-0.2, -0.15) is 0 Å². The van der Waals surface area contributed by atoms with Crippen LogP contribution in [0.25, 0.3) is 10.6 Å². The van der Waals surface area contributed by atoms with Gasteiger partial charge in [0.15, 0.2) is 0 Å². The molecule has 0 spiro atoms. The van der Waals surface area contributed by atoms with E-state index in [0.29, 0.717) is 12.0 Å². The van der Waals surface area contributed by atoms with E-state index in [-0.39, 0.29) is 0 Å². The van der Waals surface area contributed by atoms with E-state index in [1.54, 1.807) is 11.3 Å². The lowest BCUT2D eigenvalue weighted by Gasteiger charge is -2.09. The highest BCUT2D eigenvalue weighted by Crippen LogP contribution is 2.33. The van der Waals surface area contributed by atoms with Crippen molar-refractivity contribution >= 4 is 27.3 Å². The van der Waals surface area contributed by atoms with Gasteiger partial charge in [0.1, 0.15) is 5.01 Å². The molecule has 0 aliphatic carbocycles. The van der Waals surface area contributed by atoms with Crippen LogP contribution < -0.4 is 5.32 Å². The van der Waals surface area contributed by atoms with Gasteiger partial charge >= 0.3 is 0 Å². The number of aryl methyl sites for hydroxylation is 1. The molecule has 2 rings (SSSR count). The van der Waals surface area contributed by atoms with Gasteiger partial charge in [0.2, 0.25) is 0 Å². The molecule has 1 N–H and O–H groups in total. The second-order valence-corrected chi connectivity index (χ2v) is 7.92. The highest BCUT2D eigenvalue weighted by Gasteiger charge is 2.15. The van der Waals surface area contributed by atoms with E-state index in [1.165, 1.54) is 21.7 Å². The Kier molecular flexibility index (Phi) is 5.58. The Morgan fingerprint density at radius 1 is 1.24 bits per heavy atom. The smallest absolute Gasteiger partial charge is 0.123 e. The molecule has 0 saturated carbocycles. The maximum Gasteiger partial charge on any atom is 0.123 e. The number of aromatic nitrogens is 1. The van der Waals surface area contributed by atoms with Crippen molar-refractivity contribution in [2.75, 3.05) is 0 Å². The van der Waals surface area contributed by atoms with Gasteiger partial charge in [-0.15, -0.1) is 11.3 Å². The molecule has 0 radical (unpaired) electrons. The third kappa shape index (κ3) is 4.15. The molecule has 0 unspecified atom stereocenters. The second-order valence-electron chi connectivity index (χ2n) is 5.98. The lowest BCUT2D eigenvalue weighted by atomic mass is 10.1. The van der Waals surface area contributed by atoms with E-state index in [0.717, 1.165) is 16.0 Å². The first-order valence-corrected chi connectivity index (χ1v) is 8.99. The molecule has 0 amide bonds. The average Bonchev–Trinajstić information content (AvgIpc) is 2.84. The van der Waals surface area contributed by atoms with Crippen molar-refractivity contribution in [3.63, 3.8) is 0 Å². The highest BCUT2D eigenvalue weighted by atomic mass is 79.9. The van der Waals surface area contributed by atoms with Gasteiger partial charge in [-0.05, 0) is 24.5 Å². The largest absolute Gasteiger partial charge is 0.310 e. The number of nitrogens with zero attached hydrogens (tertiary/aromatic N) is 1. The van der Waals surface area contributed by atoms with Crippen molar-refractivity contribution < 1.29 is 0 Å². The number of thiazole rings is 1. The number of nitrogens with one attached hydrogen (secondary N) is 1. The number of hydrogen-bond acceptors (Lipinski definition) is 3. The maximum atomic E-state index is 4.89. The molecule has 0 saturated heterocycles. The Bertz CT molecular complexity index is 617. The quantitative estimate of drug-likeness (QED) is 0.755. The van der Waals surface area contributed by atoms with E-state index in [1.807, 2.05) is 0 Å². The van der Waals surface area contributed by atoms with Gasteiger partial charge in [-0.3, -0.25) is 0 Å². The minimum Gasteiger partial charge on any atom is -0.310 e. The predicted molar refractivity (Wildman–Crippen MR) is 96.1 cm³/mol. The summed E-state index contributed by atoms with van der Waals surface area (Å²) in [7, 11) is 0. The van der Waals surface area contributed by atoms with Gasteiger partial charge in [-0.1, -0.05) is 55.8 Å². The zero-order valence-corrected chi connectivity index (χ0v) is 15.7. The van der Waals surface area contributed by atoms with Crippen molar-refractivity contribution in [3.05, 3.63) is 38.8 Å². The van der Waals surface area contributed by atoms with E-state index < -0.39 is 0 Å². The van der Waals surface area contributed by atoms with E-state index >= 15 is 0 Å². The fourth-order valence-corrected chi connectivity index (χ4v) is 3.63. The first-order chi connectivity index (χ1) is 9.88. The fourth-order valence-electron chi connectivity index (χ4n) is 2.09. The lowest BCUT2D eigenvalue weighted by Crippen LogP contribution is -2.22. The summed E-state index contributed by atoms with van der Waals surface area (Å²) in [6, 6.07) is 6.95. The zero-order valence-electron chi connectivity index (χ0n) is 13.3. The Hall–Kier alpha value is -0.710. The lowest BCUT2D eigenvalue weighted by molar-refractivity contribution is 0.588. The minimum atomic E-state index is 0.452. The van der Waals surface area contributed by atoms with Gasteiger partial charge < -0.3 is 5.32 Å². The van der Waals surface area contributed by atoms with Crippen LogP contribution in [0.15, 0.2) is 22.7 Å². The Morgan fingerprint density at radius 3 is 2.52 bits per heavy atom. The van der Waals surface area contributed by atoms with Gasteiger partial charge in [0, 0.05) is 27.5 Å². The summed E-state index contributed by atoms with van der Waals surface area (Å²) in [5.41, 5.74) is 3.66. The summed E-state index contributed by atoms with van der Waals surface area (Å²) in [5.74, 6) is 0.452. The Labute approximate surface area is 140 Å². The summed E-state index contributed by atoms with van der Waals surface area (Å²) < 4.78 is 1.14. The average molecular weight is 367 g/mol. The molecule has 0 aliphatic heterocycles. The molecule has 1 aromatic heterocycles. The van der Waals surface area contributed by atoms with Gasteiger partial charge in [0.05, 0.1) is 5.69 Å². The number of rotatable bonds is 5. The molecule has 0 fully saturated rings. The van der Waals surface area contributed by atoms with Crippen LogP contribution in [0.5, 0.6) is 0 Å². The van der Waals surface area contributed by atoms with Gasteiger partial charge in [0.25, 0.3) is 0 Å². The van der Waals surface area contributed by atoms with Gasteiger partial charge in [-0.25, -0.2) is 4.98 Å². The monoisotopic (exact) mass is 366 g/mol. The van der Waals surface area contributed by atoms with Crippen LogP contribution in [-0.2, 0) is 6.54 Å². The molecular weight excluding hydrogens is 344 g/mol. The van der Waals surface area contributed by atoms with Crippen LogP contribution in [0.3, 0.4) is 0 Å². The maximum absolute atomic E-state index is 4.89. The van der Waals surface area contributed by atoms with Crippen molar-refractivity contribution in [2.45, 2.75) is 53.1 Å². The number of benzene rings is 1. The predicted octanol–water partition coefficient (Wildman–Crippen LogP) is 5.50. The molecule has 1 heterocycles. The summed E-state index contributed by atoms with van der Waals surface area (Å²) in [6.07, 6.45) is 0. The summed E-state index contributed by atoms with van der Waals surface area (Å²) in [6.45, 7) is 11.8. The van der Waals surface area contributed by atoms with E-state index in [4.69, 9.17) is 4.98 Å². The second kappa shape index (κ2) is 7.03. The van der Waals surface area contributed by atoms with Crippen molar-refractivity contribution in [1.82, 2.24) is 10.3 Å². The van der Waals surface area contributed by atoms with Crippen LogP contribution in [0.1, 0.15) is 49.7 Å². The minimum absolute atomic E-state index is 0.452. The first kappa shape index (κ1) is 16.7. The van der Waals surface area contributed by atoms with Crippen molar-refractivity contribution in [1.29, 1.82) is 0 Å². The zero-order chi connectivity index (χ0) is 15.6. The van der Waals surface area contributed by atoms with Crippen LogP contribution in [0.4, 0.5) is 0 Å². The molecular formula is C17H23BrN2S.